The van der Waals surface area contributed by atoms with Crippen LogP contribution in [0.4, 0.5) is 4.79 Å². The molecule has 4 nitrogen and oxygen atoms in total. The SMILES string of the molecule is O=C(Cl)Oc1ccc(S(=O)(=O)Cl)cc1. The van der Waals surface area contributed by atoms with Crippen LogP contribution in [0.15, 0.2) is 29.2 Å². The summed E-state index contributed by atoms with van der Waals surface area (Å²) in [4.78, 5) is 10.2. The summed E-state index contributed by atoms with van der Waals surface area (Å²) in [6.45, 7) is 0. The maximum Gasteiger partial charge on any atom is 0.409 e. The van der Waals surface area contributed by atoms with Crippen LogP contribution in [-0.4, -0.2) is 13.8 Å². The van der Waals surface area contributed by atoms with Gasteiger partial charge in [-0.25, -0.2) is 13.2 Å². The van der Waals surface area contributed by atoms with Gasteiger partial charge in [0.1, 0.15) is 5.75 Å². The Hall–Kier alpha value is -0.780. The van der Waals surface area contributed by atoms with E-state index in [0.717, 1.165) is 0 Å². The average molecular weight is 255 g/mol. The molecule has 0 unspecified atom stereocenters. The van der Waals surface area contributed by atoms with Gasteiger partial charge in [-0.2, -0.15) is 0 Å². The average Bonchev–Trinajstić information content (AvgIpc) is 2.02. The van der Waals surface area contributed by atoms with E-state index < -0.39 is 14.5 Å². The zero-order valence-electron chi connectivity index (χ0n) is 6.61. The second-order valence-corrected chi connectivity index (χ2v) is 5.12. The van der Waals surface area contributed by atoms with E-state index in [9.17, 15) is 13.2 Å². The van der Waals surface area contributed by atoms with Crippen molar-refractivity contribution in [3.63, 3.8) is 0 Å². The maximum absolute atomic E-state index is 10.8. The zero-order valence-corrected chi connectivity index (χ0v) is 8.93. The normalized spacial score (nSPS) is 11.0. The third-order valence-corrected chi connectivity index (χ3v) is 2.75. The van der Waals surface area contributed by atoms with E-state index in [1.165, 1.54) is 24.3 Å². The quantitative estimate of drug-likeness (QED) is 0.761. The lowest BCUT2D eigenvalue weighted by Crippen LogP contribution is -1.96. The highest BCUT2D eigenvalue weighted by Gasteiger charge is 2.09. The molecule has 76 valence electrons. The second-order valence-electron chi connectivity index (χ2n) is 2.25. The molecular weight excluding hydrogens is 251 g/mol. The first kappa shape index (κ1) is 11.3. The van der Waals surface area contributed by atoms with Crippen LogP contribution in [0.1, 0.15) is 0 Å². The Morgan fingerprint density at radius 2 is 1.71 bits per heavy atom. The lowest BCUT2D eigenvalue weighted by Gasteiger charge is -1.99. The minimum atomic E-state index is -3.75. The third kappa shape index (κ3) is 3.17. The van der Waals surface area contributed by atoms with Crippen LogP contribution in [-0.2, 0) is 9.05 Å². The van der Waals surface area contributed by atoms with E-state index in [1.807, 2.05) is 0 Å². The predicted molar refractivity (Wildman–Crippen MR) is 51.4 cm³/mol. The van der Waals surface area contributed by atoms with Crippen molar-refractivity contribution in [2.45, 2.75) is 4.90 Å². The first-order valence-electron chi connectivity index (χ1n) is 3.31. The Morgan fingerprint density at radius 3 is 2.07 bits per heavy atom. The highest BCUT2D eigenvalue weighted by atomic mass is 35.7. The largest absolute Gasteiger partial charge is 0.415 e. The van der Waals surface area contributed by atoms with E-state index in [0.29, 0.717) is 0 Å². The number of benzene rings is 1. The molecule has 0 aromatic heterocycles. The van der Waals surface area contributed by atoms with E-state index >= 15 is 0 Å². The number of carbonyl (C=O) groups excluding carboxylic acids is 1. The number of carbonyl (C=O) groups is 1. The van der Waals surface area contributed by atoms with Gasteiger partial charge in [-0.15, -0.1) is 0 Å². The molecule has 1 aromatic carbocycles. The lowest BCUT2D eigenvalue weighted by molar-refractivity contribution is 0.225. The molecule has 0 saturated heterocycles. The standard InChI is InChI=1S/C7H4Cl2O4S/c8-7(10)13-5-1-3-6(4-2-5)14(9,11)12/h1-4H. The molecular formula is C7H4Cl2O4S. The molecule has 0 amide bonds. The van der Waals surface area contributed by atoms with Crippen LogP contribution in [0, 0.1) is 0 Å². The third-order valence-electron chi connectivity index (χ3n) is 1.30. The second kappa shape index (κ2) is 4.16. The molecule has 1 rings (SSSR count). The summed E-state index contributed by atoms with van der Waals surface area (Å²) in [5, 5.41) is 0. The fourth-order valence-electron chi connectivity index (χ4n) is 0.763. The van der Waals surface area contributed by atoms with Gasteiger partial charge in [0, 0.05) is 22.3 Å². The van der Waals surface area contributed by atoms with Crippen LogP contribution >= 0.6 is 22.3 Å². The molecule has 7 heteroatoms. The van der Waals surface area contributed by atoms with E-state index in [2.05, 4.69) is 4.74 Å². The van der Waals surface area contributed by atoms with Gasteiger partial charge in [-0.1, -0.05) is 0 Å². The molecule has 0 bridgehead atoms. The van der Waals surface area contributed by atoms with Crippen LogP contribution in [0.25, 0.3) is 0 Å². The van der Waals surface area contributed by atoms with Crippen LogP contribution < -0.4 is 4.74 Å². The van der Waals surface area contributed by atoms with Gasteiger partial charge < -0.3 is 4.74 Å². The van der Waals surface area contributed by atoms with Gasteiger partial charge in [0.05, 0.1) is 4.90 Å². The Morgan fingerprint density at radius 1 is 1.21 bits per heavy atom. The van der Waals surface area contributed by atoms with Gasteiger partial charge in [0.2, 0.25) is 0 Å². The van der Waals surface area contributed by atoms with Crippen molar-refractivity contribution in [3.8, 4) is 5.75 Å². The van der Waals surface area contributed by atoms with Crippen molar-refractivity contribution in [3.05, 3.63) is 24.3 Å². The topological polar surface area (TPSA) is 60.4 Å². The highest BCUT2D eigenvalue weighted by Crippen LogP contribution is 2.19. The van der Waals surface area contributed by atoms with Crippen molar-refractivity contribution >= 4 is 36.8 Å². The number of rotatable bonds is 2. The molecule has 0 aliphatic rings. The Kier molecular flexibility index (Phi) is 3.36. The minimum Gasteiger partial charge on any atom is -0.415 e. The van der Waals surface area contributed by atoms with Crippen molar-refractivity contribution in [1.82, 2.24) is 0 Å². The molecule has 0 saturated carbocycles. The summed E-state index contributed by atoms with van der Waals surface area (Å²) < 4.78 is 26.1. The zero-order chi connectivity index (χ0) is 10.8. The summed E-state index contributed by atoms with van der Waals surface area (Å²) in [6.07, 6.45) is 0. The predicted octanol–water partition coefficient (Wildman–Crippen LogP) is 2.35. The first-order valence-corrected chi connectivity index (χ1v) is 6.00. The maximum atomic E-state index is 10.8. The van der Waals surface area contributed by atoms with Crippen LogP contribution in [0.5, 0.6) is 5.75 Å². The van der Waals surface area contributed by atoms with Crippen molar-refractivity contribution in [2.24, 2.45) is 0 Å². The number of halogens is 2. The van der Waals surface area contributed by atoms with Gasteiger partial charge in [-0.3, -0.25) is 0 Å². The summed E-state index contributed by atoms with van der Waals surface area (Å²) in [7, 11) is 1.31. The smallest absolute Gasteiger partial charge is 0.409 e. The molecule has 14 heavy (non-hydrogen) atoms. The molecule has 0 N–H and O–H groups in total. The number of hydrogen-bond acceptors (Lipinski definition) is 4. The number of ether oxygens (including phenoxy) is 1. The Bertz CT molecular complexity index is 437. The molecule has 0 aliphatic heterocycles. The van der Waals surface area contributed by atoms with E-state index in [1.54, 1.807) is 0 Å². The summed E-state index contributed by atoms with van der Waals surface area (Å²) in [5.41, 5.74) is -0.994. The van der Waals surface area contributed by atoms with Crippen LogP contribution in [0.2, 0.25) is 0 Å². The first-order chi connectivity index (χ1) is 6.39. The van der Waals surface area contributed by atoms with Gasteiger partial charge >= 0.3 is 5.43 Å². The number of hydrogen-bond donors (Lipinski definition) is 0. The summed E-state index contributed by atoms with van der Waals surface area (Å²) in [5.74, 6) is 0.147. The summed E-state index contributed by atoms with van der Waals surface area (Å²) >= 11 is 4.94. The Labute approximate surface area is 89.8 Å². The molecule has 0 fully saturated rings. The monoisotopic (exact) mass is 254 g/mol. The Balaban J connectivity index is 2.95. The molecule has 1 aromatic rings. The van der Waals surface area contributed by atoms with Crippen molar-refractivity contribution in [1.29, 1.82) is 0 Å². The van der Waals surface area contributed by atoms with Crippen molar-refractivity contribution in [2.75, 3.05) is 0 Å². The van der Waals surface area contributed by atoms with Crippen molar-refractivity contribution < 1.29 is 17.9 Å². The molecule has 0 radical (unpaired) electrons. The summed E-state index contributed by atoms with van der Waals surface area (Å²) in [6, 6.07) is 4.96. The molecule has 0 atom stereocenters. The van der Waals surface area contributed by atoms with Gasteiger partial charge in [0.15, 0.2) is 0 Å². The fraction of sp³-hybridized carbons (Fsp3) is 0. The van der Waals surface area contributed by atoms with Crippen LogP contribution in [0.3, 0.4) is 0 Å². The van der Waals surface area contributed by atoms with E-state index in [4.69, 9.17) is 22.3 Å². The minimum absolute atomic E-state index is 0.0754. The molecule has 0 spiro atoms. The molecule has 0 aliphatic carbocycles. The van der Waals surface area contributed by atoms with Gasteiger partial charge in [0.25, 0.3) is 9.05 Å². The highest BCUT2D eigenvalue weighted by molar-refractivity contribution is 8.13. The lowest BCUT2D eigenvalue weighted by atomic mass is 10.3. The van der Waals surface area contributed by atoms with Gasteiger partial charge in [-0.05, 0) is 24.3 Å². The molecule has 0 heterocycles. The fourth-order valence-corrected chi connectivity index (χ4v) is 1.62. The van der Waals surface area contributed by atoms with E-state index in [-0.39, 0.29) is 10.6 Å².